The SMILES string of the molecule is CCc1nnsc1C(=O)NC1CCCNC1.Cl. The number of rotatable bonds is 3. The van der Waals surface area contributed by atoms with Crippen molar-refractivity contribution in [3.8, 4) is 0 Å². The third-order valence-corrected chi connectivity index (χ3v) is 3.50. The van der Waals surface area contributed by atoms with Gasteiger partial charge in [-0.3, -0.25) is 4.79 Å². The Hall–Kier alpha value is -0.720. The molecule has 5 nitrogen and oxygen atoms in total. The van der Waals surface area contributed by atoms with Crippen LogP contribution in [0.2, 0.25) is 0 Å². The second kappa shape index (κ2) is 6.88. The first-order chi connectivity index (χ1) is 7.81. The van der Waals surface area contributed by atoms with Gasteiger partial charge in [-0.2, -0.15) is 0 Å². The molecule has 1 atom stereocenters. The van der Waals surface area contributed by atoms with Gasteiger partial charge in [0, 0.05) is 12.6 Å². The van der Waals surface area contributed by atoms with Gasteiger partial charge >= 0.3 is 0 Å². The molecule has 0 bridgehead atoms. The van der Waals surface area contributed by atoms with E-state index in [2.05, 4.69) is 20.2 Å². The van der Waals surface area contributed by atoms with Crippen LogP contribution in [-0.2, 0) is 6.42 Å². The number of hydrogen-bond donors (Lipinski definition) is 2. The van der Waals surface area contributed by atoms with Crippen LogP contribution < -0.4 is 10.6 Å². The van der Waals surface area contributed by atoms with Crippen molar-refractivity contribution >= 4 is 29.8 Å². The van der Waals surface area contributed by atoms with Gasteiger partial charge in [0.15, 0.2) is 0 Å². The van der Waals surface area contributed by atoms with Crippen LogP contribution in [0.15, 0.2) is 0 Å². The maximum atomic E-state index is 11.9. The average molecular weight is 277 g/mol. The molecule has 1 amide bonds. The van der Waals surface area contributed by atoms with E-state index in [9.17, 15) is 4.79 Å². The van der Waals surface area contributed by atoms with Gasteiger partial charge in [0.1, 0.15) is 4.88 Å². The maximum Gasteiger partial charge on any atom is 0.265 e. The Morgan fingerprint density at radius 1 is 1.65 bits per heavy atom. The zero-order valence-corrected chi connectivity index (χ0v) is 11.4. The topological polar surface area (TPSA) is 66.9 Å². The lowest BCUT2D eigenvalue weighted by Crippen LogP contribution is -2.45. The number of nitrogens with one attached hydrogen (secondary N) is 2. The number of carbonyl (C=O) groups excluding carboxylic acids is 1. The standard InChI is InChI=1S/C10H16N4OS.ClH/c1-2-8-9(16-14-13-8)10(15)12-7-4-3-5-11-6-7;/h7,11H,2-6H2,1H3,(H,12,15);1H. The molecule has 2 heterocycles. The molecule has 7 heteroatoms. The number of amides is 1. The molecular weight excluding hydrogens is 260 g/mol. The van der Waals surface area contributed by atoms with Crippen molar-refractivity contribution in [2.24, 2.45) is 0 Å². The Balaban J connectivity index is 0.00000144. The first-order valence-corrected chi connectivity index (χ1v) is 6.41. The van der Waals surface area contributed by atoms with Crippen LogP contribution in [0, 0.1) is 0 Å². The summed E-state index contributed by atoms with van der Waals surface area (Å²) in [4.78, 5) is 12.6. The van der Waals surface area contributed by atoms with E-state index in [4.69, 9.17) is 0 Å². The van der Waals surface area contributed by atoms with Gasteiger partial charge in [-0.05, 0) is 37.3 Å². The van der Waals surface area contributed by atoms with Gasteiger partial charge < -0.3 is 10.6 Å². The largest absolute Gasteiger partial charge is 0.347 e. The quantitative estimate of drug-likeness (QED) is 0.865. The van der Waals surface area contributed by atoms with Crippen LogP contribution >= 0.6 is 23.9 Å². The van der Waals surface area contributed by atoms with Crippen molar-refractivity contribution in [1.82, 2.24) is 20.2 Å². The molecule has 1 aromatic rings. The van der Waals surface area contributed by atoms with E-state index < -0.39 is 0 Å². The van der Waals surface area contributed by atoms with E-state index in [0.29, 0.717) is 4.88 Å². The molecule has 1 aliphatic rings. The zero-order valence-electron chi connectivity index (χ0n) is 9.73. The summed E-state index contributed by atoms with van der Waals surface area (Å²) in [5.41, 5.74) is 0.797. The fraction of sp³-hybridized carbons (Fsp3) is 0.700. The smallest absolute Gasteiger partial charge is 0.265 e. The van der Waals surface area contributed by atoms with E-state index >= 15 is 0 Å². The minimum atomic E-state index is -0.0273. The summed E-state index contributed by atoms with van der Waals surface area (Å²) in [5, 5.41) is 10.2. The first kappa shape index (κ1) is 14.3. The highest BCUT2D eigenvalue weighted by molar-refractivity contribution is 7.08. The summed E-state index contributed by atoms with van der Waals surface area (Å²) >= 11 is 1.18. The van der Waals surface area contributed by atoms with E-state index in [-0.39, 0.29) is 24.4 Å². The normalized spacial score (nSPS) is 19.5. The van der Waals surface area contributed by atoms with Crippen LogP contribution in [0.4, 0.5) is 0 Å². The predicted octanol–water partition coefficient (Wildman–Crippen LogP) is 1.00. The molecule has 1 aliphatic heterocycles. The van der Waals surface area contributed by atoms with Gasteiger partial charge in [-0.25, -0.2) is 0 Å². The van der Waals surface area contributed by atoms with Crippen molar-refractivity contribution in [3.63, 3.8) is 0 Å². The van der Waals surface area contributed by atoms with Crippen molar-refractivity contribution in [3.05, 3.63) is 10.6 Å². The Morgan fingerprint density at radius 3 is 3.12 bits per heavy atom. The monoisotopic (exact) mass is 276 g/mol. The van der Waals surface area contributed by atoms with Crippen molar-refractivity contribution in [1.29, 1.82) is 0 Å². The van der Waals surface area contributed by atoms with Crippen molar-refractivity contribution < 1.29 is 4.79 Å². The predicted molar refractivity (Wildman–Crippen MR) is 69.9 cm³/mol. The summed E-state index contributed by atoms with van der Waals surface area (Å²) in [6, 6.07) is 0.244. The van der Waals surface area contributed by atoms with Crippen LogP contribution in [0.1, 0.15) is 35.1 Å². The van der Waals surface area contributed by atoms with Crippen LogP contribution in [0.5, 0.6) is 0 Å². The molecule has 0 spiro atoms. The Bertz CT molecular complexity index is 365. The number of piperidine rings is 1. The van der Waals surface area contributed by atoms with Crippen LogP contribution in [-0.4, -0.2) is 34.6 Å². The van der Waals surface area contributed by atoms with Crippen molar-refractivity contribution in [2.45, 2.75) is 32.2 Å². The molecule has 1 saturated heterocycles. The van der Waals surface area contributed by atoms with Crippen molar-refractivity contribution in [2.75, 3.05) is 13.1 Å². The molecule has 1 aromatic heterocycles. The summed E-state index contributed by atoms with van der Waals surface area (Å²) < 4.78 is 3.82. The summed E-state index contributed by atoms with van der Waals surface area (Å²) in [5.74, 6) is -0.0273. The molecule has 2 N–H and O–H groups in total. The lowest BCUT2D eigenvalue weighted by Gasteiger charge is -2.23. The van der Waals surface area contributed by atoms with Crippen LogP contribution in [0.3, 0.4) is 0 Å². The lowest BCUT2D eigenvalue weighted by atomic mass is 10.1. The zero-order chi connectivity index (χ0) is 11.4. The Labute approximate surface area is 111 Å². The van der Waals surface area contributed by atoms with Gasteiger partial charge in [-0.15, -0.1) is 17.5 Å². The molecule has 1 unspecified atom stereocenters. The average Bonchev–Trinajstić information content (AvgIpc) is 2.78. The van der Waals surface area contributed by atoms with E-state index in [1.807, 2.05) is 6.92 Å². The summed E-state index contributed by atoms with van der Waals surface area (Å²) in [6.45, 7) is 3.89. The van der Waals surface area contributed by atoms with Crippen LogP contribution in [0.25, 0.3) is 0 Å². The van der Waals surface area contributed by atoms with E-state index in [0.717, 1.165) is 38.0 Å². The molecule has 96 valence electrons. The van der Waals surface area contributed by atoms with E-state index in [1.165, 1.54) is 11.5 Å². The molecule has 0 aromatic carbocycles. The Kier molecular flexibility index (Phi) is 5.80. The molecule has 0 saturated carbocycles. The number of nitrogens with zero attached hydrogens (tertiary/aromatic N) is 2. The molecular formula is C10H17ClN4OS. The number of carbonyl (C=O) groups is 1. The molecule has 17 heavy (non-hydrogen) atoms. The fourth-order valence-corrected chi connectivity index (χ4v) is 2.49. The molecule has 0 radical (unpaired) electrons. The third kappa shape index (κ3) is 3.62. The fourth-order valence-electron chi connectivity index (χ4n) is 1.84. The minimum Gasteiger partial charge on any atom is -0.347 e. The molecule has 2 rings (SSSR count). The first-order valence-electron chi connectivity index (χ1n) is 5.64. The number of aryl methyl sites for hydroxylation is 1. The molecule has 0 aliphatic carbocycles. The highest BCUT2D eigenvalue weighted by Crippen LogP contribution is 2.12. The summed E-state index contributed by atoms with van der Waals surface area (Å²) in [7, 11) is 0. The third-order valence-electron chi connectivity index (χ3n) is 2.73. The second-order valence-electron chi connectivity index (χ2n) is 3.92. The van der Waals surface area contributed by atoms with Gasteiger partial charge in [0.05, 0.1) is 5.69 Å². The highest BCUT2D eigenvalue weighted by Gasteiger charge is 2.20. The lowest BCUT2D eigenvalue weighted by molar-refractivity contribution is 0.0933. The molecule has 1 fully saturated rings. The van der Waals surface area contributed by atoms with Gasteiger partial charge in [-0.1, -0.05) is 11.4 Å². The summed E-state index contributed by atoms with van der Waals surface area (Å²) in [6.07, 6.45) is 2.92. The Morgan fingerprint density at radius 2 is 2.47 bits per heavy atom. The van der Waals surface area contributed by atoms with E-state index in [1.54, 1.807) is 0 Å². The number of aromatic nitrogens is 2. The number of hydrogen-bond acceptors (Lipinski definition) is 5. The number of halogens is 1. The maximum absolute atomic E-state index is 11.9. The highest BCUT2D eigenvalue weighted by atomic mass is 35.5. The van der Waals surface area contributed by atoms with Gasteiger partial charge in [0.25, 0.3) is 5.91 Å². The second-order valence-corrected chi connectivity index (χ2v) is 4.67. The van der Waals surface area contributed by atoms with Gasteiger partial charge in [0.2, 0.25) is 0 Å². The minimum absolute atomic E-state index is 0.